The molecule has 0 saturated carbocycles. The van der Waals surface area contributed by atoms with Crippen LogP contribution < -0.4 is 5.32 Å². The molecule has 0 aliphatic rings. The zero-order chi connectivity index (χ0) is 20.9. The predicted molar refractivity (Wildman–Crippen MR) is 117 cm³/mol. The summed E-state index contributed by atoms with van der Waals surface area (Å²) in [7, 11) is 0. The molecule has 0 unspecified atom stereocenters. The van der Waals surface area contributed by atoms with Gasteiger partial charge in [-0.05, 0) is 42.0 Å². The summed E-state index contributed by atoms with van der Waals surface area (Å²) in [4.78, 5) is 16.8. The van der Waals surface area contributed by atoms with Gasteiger partial charge < -0.3 is 9.84 Å². The largest absolute Gasteiger partial charge is 0.337 e. The molecular formula is C23H16FN3O2S. The number of ketones is 1. The summed E-state index contributed by atoms with van der Waals surface area (Å²) in [6.07, 6.45) is 3.33. The molecule has 0 radical (unpaired) electrons. The molecule has 0 amide bonds. The van der Waals surface area contributed by atoms with Crippen LogP contribution in [0.1, 0.15) is 16.8 Å². The molecule has 0 fully saturated rings. The number of anilines is 1. The van der Waals surface area contributed by atoms with Gasteiger partial charge in [0.15, 0.2) is 5.78 Å². The Hall–Kier alpha value is -3.71. The number of thiocarbonyl (C=S) groups is 1. The third-order valence-electron chi connectivity index (χ3n) is 4.45. The number of hydrogen-bond acceptors (Lipinski definition) is 5. The van der Waals surface area contributed by atoms with E-state index in [1.54, 1.807) is 48.8 Å². The third-order valence-corrected chi connectivity index (χ3v) is 4.69. The van der Waals surface area contributed by atoms with E-state index in [2.05, 4.69) is 15.5 Å². The molecule has 0 atom stereocenters. The molecule has 7 heteroatoms. The topological polar surface area (TPSA) is 68.0 Å². The molecule has 1 N–H and O–H groups in total. The zero-order valence-corrected chi connectivity index (χ0v) is 16.5. The number of benzene rings is 2. The number of Topliss-reactive ketones (excluding diaryl/α,β-unsaturated/α-hetero) is 1. The van der Waals surface area contributed by atoms with Crippen molar-refractivity contribution in [3.8, 4) is 22.4 Å². The van der Waals surface area contributed by atoms with Crippen molar-refractivity contribution in [3.05, 3.63) is 90.5 Å². The summed E-state index contributed by atoms with van der Waals surface area (Å²) < 4.78 is 18.9. The SMILES string of the molecule is O=C(CC(=S)Nc1onc(-c2ccc(F)cc2)c1-c1ccncc1)c1ccccc1. The number of hydrogen-bond donors (Lipinski definition) is 1. The van der Waals surface area contributed by atoms with Gasteiger partial charge in [0.2, 0.25) is 5.88 Å². The molecule has 2 heterocycles. The Labute approximate surface area is 177 Å². The number of nitrogens with zero attached hydrogens (tertiary/aromatic N) is 2. The number of carbonyl (C=O) groups is 1. The van der Waals surface area contributed by atoms with E-state index in [1.165, 1.54) is 12.1 Å². The van der Waals surface area contributed by atoms with Gasteiger partial charge >= 0.3 is 0 Å². The van der Waals surface area contributed by atoms with Crippen LogP contribution in [0.25, 0.3) is 22.4 Å². The van der Waals surface area contributed by atoms with Crippen LogP contribution in [0, 0.1) is 5.82 Å². The molecule has 30 heavy (non-hydrogen) atoms. The van der Waals surface area contributed by atoms with Crippen LogP contribution in [0.5, 0.6) is 0 Å². The molecule has 4 aromatic rings. The van der Waals surface area contributed by atoms with Crippen LogP contribution in [-0.2, 0) is 0 Å². The van der Waals surface area contributed by atoms with E-state index in [0.29, 0.717) is 33.3 Å². The maximum absolute atomic E-state index is 13.4. The van der Waals surface area contributed by atoms with Crippen LogP contribution in [0.4, 0.5) is 10.3 Å². The first-order valence-corrected chi connectivity index (χ1v) is 9.57. The zero-order valence-electron chi connectivity index (χ0n) is 15.7. The number of nitrogens with one attached hydrogen (secondary N) is 1. The third kappa shape index (κ3) is 4.31. The Morgan fingerprint density at radius 2 is 1.67 bits per heavy atom. The van der Waals surface area contributed by atoms with Gasteiger partial charge in [-0.3, -0.25) is 9.78 Å². The molecule has 5 nitrogen and oxygen atoms in total. The molecule has 0 saturated heterocycles. The van der Waals surface area contributed by atoms with Gasteiger partial charge in [-0.25, -0.2) is 4.39 Å². The highest BCUT2D eigenvalue weighted by Crippen LogP contribution is 2.37. The smallest absolute Gasteiger partial charge is 0.237 e. The van der Waals surface area contributed by atoms with Gasteiger partial charge in [0.25, 0.3) is 0 Å². The highest BCUT2D eigenvalue weighted by atomic mass is 32.1. The maximum Gasteiger partial charge on any atom is 0.237 e. The van der Waals surface area contributed by atoms with Crippen LogP contribution in [0.15, 0.2) is 83.6 Å². The normalized spacial score (nSPS) is 10.6. The molecular weight excluding hydrogens is 401 g/mol. The summed E-state index contributed by atoms with van der Waals surface area (Å²) in [5.74, 6) is -0.130. The minimum absolute atomic E-state index is 0.0295. The number of carbonyl (C=O) groups excluding carboxylic acids is 1. The van der Waals surface area contributed by atoms with Gasteiger partial charge in [-0.1, -0.05) is 47.7 Å². The van der Waals surface area contributed by atoms with Gasteiger partial charge in [-0.15, -0.1) is 0 Å². The second-order valence-corrected chi connectivity index (χ2v) is 6.99. The molecule has 0 aliphatic heterocycles. The van der Waals surface area contributed by atoms with Gasteiger partial charge in [0, 0.05) is 23.5 Å². The number of rotatable bonds is 6. The quantitative estimate of drug-likeness (QED) is 0.327. The lowest BCUT2D eigenvalue weighted by molar-refractivity contribution is 0.100. The van der Waals surface area contributed by atoms with E-state index >= 15 is 0 Å². The van der Waals surface area contributed by atoms with Crippen LogP contribution in [0.2, 0.25) is 0 Å². The van der Waals surface area contributed by atoms with Crippen molar-refractivity contribution in [2.45, 2.75) is 6.42 Å². The first-order chi connectivity index (χ1) is 14.6. The van der Waals surface area contributed by atoms with Crippen LogP contribution >= 0.6 is 12.2 Å². The Balaban J connectivity index is 1.64. The Kier molecular flexibility index (Phi) is 5.72. The van der Waals surface area contributed by atoms with Crippen molar-refractivity contribution in [1.29, 1.82) is 0 Å². The lowest BCUT2D eigenvalue weighted by Crippen LogP contribution is -2.14. The Morgan fingerprint density at radius 3 is 2.37 bits per heavy atom. The fourth-order valence-electron chi connectivity index (χ4n) is 3.01. The Morgan fingerprint density at radius 1 is 0.967 bits per heavy atom. The molecule has 148 valence electrons. The molecule has 2 aromatic heterocycles. The van der Waals surface area contributed by atoms with Crippen molar-refractivity contribution >= 4 is 28.9 Å². The van der Waals surface area contributed by atoms with Gasteiger partial charge in [0.05, 0.1) is 17.0 Å². The fraction of sp³-hybridized carbons (Fsp3) is 0.0435. The average Bonchev–Trinajstić information content (AvgIpc) is 3.18. The monoisotopic (exact) mass is 417 g/mol. The molecule has 0 bridgehead atoms. The molecule has 0 spiro atoms. The summed E-state index contributed by atoms with van der Waals surface area (Å²) in [6.45, 7) is 0. The number of aromatic nitrogens is 2. The van der Waals surface area contributed by atoms with Gasteiger partial charge in [-0.2, -0.15) is 0 Å². The highest BCUT2D eigenvalue weighted by molar-refractivity contribution is 7.80. The van der Waals surface area contributed by atoms with E-state index in [4.69, 9.17) is 16.7 Å². The second kappa shape index (κ2) is 8.75. The standard InChI is InChI=1S/C23H16FN3O2S/c24-18-8-6-17(7-9-18)22-21(16-10-12-25-13-11-16)23(29-27-22)26-20(30)14-19(28)15-4-2-1-3-5-15/h1-13H,14H2,(H,26,30). The number of pyridine rings is 1. The van der Waals surface area contributed by atoms with Crippen LogP contribution in [0.3, 0.4) is 0 Å². The van der Waals surface area contributed by atoms with Crippen molar-refractivity contribution in [2.75, 3.05) is 5.32 Å². The summed E-state index contributed by atoms with van der Waals surface area (Å²) in [5, 5.41) is 7.16. The fourth-order valence-corrected chi connectivity index (χ4v) is 3.23. The Bertz CT molecular complexity index is 1180. The lowest BCUT2D eigenvalue weighted by Gasteiger charge is -2.08. The minimum atomic E-state index is -0.341. The lowest BCUT2D eigenvalue weighted by atomic mass is 10.0. The van der Waals surface area contributed by atoms with E-state index in [9.17, 15) is 9.18 Å². The molecule has 4 rings (SSSR count). The van der Waals surface area contributed by atoms with E-state index in [-0.39, 0.29) is 18.0 Å². The van der Waals surface area contributed by atoms with Crippen LogP contribution in [-0.4, -0.2) is 20.9 Å². The average molecular weight is 417 g/mol. The van der Waals surface area contributed by atoms with E-state index in [1.807, 2.05) is 18.2 Å². The van der Waals surface area contributed by atoms with Crippen molar-refractivity contribution in [1.82, 2.24) is 10.1 Å². The summed E-state index contributed by atoms with van der Waals surface area (Å²) >= 11 is 5.38. The van der Waals surface area contributed by atoms with E-state index in [0.717, 1.165) is 5.56 Å². The first-order valence-electron chi connectivity index (χ1n) is 9.16. The second-order valence-electron chi connectivity index (χ2n) is 6.49. The first kappa shape index (κ1) is 19.6. The van der Waals surface area contributed by atoms with E-state index < -0.39 is 0 Å². The summed E-state index contributed by atoms with van der Waals surface area (Å²) in [5.41, 5.74) is 3.25. The van der Waals surface area contributed by atoms with Crippen molar-refractivity contribution in [2.24, 2.45) is 0 Å². The minimum Gasteiger partial charge on any atom is -0.337 e. The predicted octanol–water partition coefficient (Wildman–Crippen LogP) is 5.56. The highest BCUT2D eigenvalue weighted by Gasteiger charge is 2.21. The summed E-state index contributed by atoms with van der Waals surface area (Å²) in [6, 6.07) is 18.5. The maximum atomic E-state index is 13.4. The molecule has 2 aromatic carbocycles. The van der Waals surface area contributed by atoms with Crippen molar-refractivity contribution in [3.63, 3.8) is 0 Å². The molecule has 0 aliphatic carbocycles. The van der Waals surface area contributed by atoms with Crippen molar-refractivity contribution < 1.29 is 13.7 Å². The van der Waals surface area contributed by atoms with Gasteiger partial charge in [0.1, 0.15) is 11.5 Å². The number of halogens is 1.